The molecule has 0 spiro atoms. The topological polar surface area (TPSA) is 3.24 Å². The average molecular weight is 249 g/mol. The summed E-state index contributed by atoms with van der Waals surface area (Å²) in [5.74, 6) is 0. The minimum atomic E-state index is 0.772. The van der Waals surface area contributed by atoms with Crippen LogP contribution in [0, 0.1) is 0 Å². The largest absolute Gasteiger partial charge is 0.374 e. The van der Waals surface area contributed by atoms with Crippen LogP contribution in [-0.4, -0.2) is 13.6 Å². The Hall–Kier alpha value is -0.210. The Labute approximate surface area is 86.5 Å². The monoisotopic (exact) mass is 247 g/mol. The van der Waals surface area contributed by atoms with E-state index in [0.29, 0.717) is 0 Å². The van der Waals surface area contributed by atoms with E-state index in [1.54, 1.807) is 0 Å². The molecule has 0 fully saturated rings. The summed E-state index contributed by atoms with van der Waals surface area (Å²) >= 11 is 9.34. The number of hydrogen-bond acceptors (Lipinski definition) is 1. The lowest BCUT2D eigenvalue weighted by Gasteiger charge is -2.18. The van der Waals surface area contributed by atoms with Gasteiger partial charge in [0.05, 0.1) is 5.69 Å². The summed E-state index contributed by atoms with van der Waals surface area (Å²) in [5, 5.41) is 0.772. The molecule has 0 aliphatic rings. The maximum atomic E-state index is 5.87. The summed E-state index contributed by atoms with van der Waals surface area (Å²) in [6.45, 7) is 3.08. The number of rotatable bonds is 2. The van der Waals surface area contributed by atoms with E-state index in [0.717, 1.165) is 21.7 Å². The maximum Gasteiger partial charge on any atom is 0.0522 e. The molecule has 0 radical (unpaired) electrons. The highest BCUT2D eigenvalue weighted by atomic mass is 79.9. The lowest BCUT2D eigenvalue weighted by molar-refractivity contribution is 0.965. The van der Waals surface area contributed by atoms with E-state index in [1.165, 1.54) is 0 Å². The van der Waals surface area contributed by atoms with Crippen LogP contribution in [-0.2, 0) is 0 Å². The SMILES string of the molecule is CCN(C)c1cc(Cl)ccc1Br. The molecular weight excluding hydrogens is 237 g/mol. The van der Waals surface area contributed by atoms with Crippen LogP contribution in [0.5, 0.6) is 0 Å². The second-order valence-electron chi connectivity index (χ2n) is 2.61. The summed E-state index contributed by atoms with van der Waals surface area (Å²) in [6.07, 6.45) is 0. The van der Waals surface area contributed by atoms with Crippen molar-refractivity contribution in [1.82, 2.24) is 0 Å². The minimum Gasteiger partial charge on any atom is -0.374 e. The summed E-state index contributed by atoms with van der Waals surface area (Å²) in [7, 11) is 2.04. The van der Waals surface area contributed by atoms with E-state index < -0.39 is 0 Å². The van der Waals surface area contributed by atoms with Crippen molar-refractivity contribution in [2.24, 2.45) is 0 Å². The molecule has 0 saturated carbocycles. The highest BCUT2D eigenvalue weighted by Gasteiger charge is 2.03. The van der Waals surface area contributed by atoms with E-state index in [1.807, 2.05) is 25.2 Å². The molecule has 0 amide bonds. The molecule has 0 aromatic heterocycles. The lowest BCUT2D eigenvalue weighted by atomic mass is 10.3. The van der Waals surface area contributed by atoms with E-state index in [9.17, 15) is 0 Å². The first-order valence-electron chi connectivity index (χ1n) is 3.81. The van der Waals surface area contributed by atoms with Crippen molar-refractivity contribution < 1.29 is 0 Å². The van der Waals surface area contributed by atoms with E-state index in [-0.39, 0.29) is 0 Å². The molecule has 0 heterocycles. The van der Waals surface area contributed by atoms with Gasteiger partial charge in [0.1, 0.15) is 0 Å². The first kappa shape index (κ1) is 9.87. The summed E-state index contributed by atoms with van der Waals surface area (Å²) in [4.78, 5) is 2.13. The predicted molar refractivity (Wildman–Crippen MR) is 58.1 cm³/mol. The van der Waals surface area contributed by atoms with Gasteiger partial charge in [0.15, 0.2) is 0 Å². The van der Waals surface area contributed by atoms with Gasteiger partial charge in [-0.25, -0.2) is 0 Å². The van der Waals surface area contributed by atoms with Crippen LogP contribution in [0.15, 0.2) is 22.7 Å². The number of hydrogen-bond donors (Lipinski definition) is 0. The molecule has 0 aliphatic heterocycles. The molecule has 0 unspecified atom stereocenters. The van der Waals surface area contributed by atoms with Crippen molar-refractivity contribution in [1.29, 1.82) is 0 Å². The molecular formula is C9H11BrClN. The third kappa shape index (κ3) is 2.14. The molecule has 1 nitrogen and oxygen atoms in total. The van der Waals surface area contributed by atoms with E-state index >= 15 is 0 Å². The van der Waals surface area contributed by atoms with Gasteiger partial charge in [-0.2, -0.15) is 0 Å². The fourth-order valence-corrected chi connectivity index (χ4v) is 1.66. The minimum absolute atomic E-state index is 0.772. The van der Waals surface area contributed by atoms with Crippen LogP contribution in [0.1, 0.15) is 6.92 Å². The highest BCUT2D eigenvalue weighted by Crippen LogP contribution is 2.28. The van der Waals surface area contributed by atoms with Gasteiger partial charge in [0, 0.05) is 23.1 Å². The summed E-state index contributed by atoms with van der Waals surface area (Å²) < 4.78 is 1.08. The Morgan fingerprint density at radius 2 is 2.17 bits per heavy atom. The van der Waals surface area contributed by atoms with Crippen molar-refractivity contribution in [2.75, 3.05) is 18.5 Å². The first-order valence-corrected chi connectivity index (χ1v) is 4.98. The number of benzene rings is 1. The summed E-state index contributed by atoms with van der Waals surface area (Å²) in [6, 6.07) is 5.79. The third-order valence-electron chi connectivity index (χ3n) is 1.79. The van der Waals surface area contributed by atoms with Crippen LogP contribution >= 0.6 is 27.5 Å². The van der Waals surface area contributed by atoms with Gasteiger partial charge < -0.3 is 4.90 Å². The van der Waals surface area contributed by atoms with Crippen LogP contribution < -0.4 is 4.90 Å². The molecule has 1 rings (SSSR count). The normalized spacial score (nSPS) is 10.0. The molecule has 66 valence electrons. The molecule has 0 saturated heterocycles. The molecule has 3 heteroatoms. The van der Waals surface area contributed by atoms with Crippen molar-refractivity contribution >= 4 is 33.2 Å². The molecule has 0 N–H and O–H groups in total. The van der Waals surface area contributed by atoms with E-state index in [4.69, 9.17) is 11.6 Å². The number of halogens is 2. The maximum absolute atomic E-state index is 5.87. The Balaban J connectivity index is 3.04. The summed E-state index contributed by atoms with van der Waals surface area (Å²) in [5.41, 5.74) is 1.13. The van der Waals surface area contributed by atoms with Crippen LogP contribution in [0.2, 0.25) is 5.02 Å². The van der Waals surface area contributed by atoms with Gasteiger partial charge in [-0.1, -0.05) is 11.6 Å². The van der Waals surface area contributed by atoms with E-state index in [2.05, 4.69) is 27.8 Å². The van der Waals surface area contributed by atoms with Crippen LogP contribution in [0.4, 0.5) is 5.69 Å². The first-order chi connectivity index (χ1) is 5.65. The van der Waals surface area contributed by atoms with Crippen molar-refractivity contribution in [3.05, 3.63) is 27.7 Å². The predicted octanol–water partition coefficient (Wildman–Crippen LogP) is 3.56. The lowest BCUT2D eigenvalue weighted by Crippen LogP contribution is -2.16. The Bertz CT molecular complexity index is 275. The second-order valence-corrected chi connectivity index (χ2v) is 3.90. The third-order valence-corrected chi connectivity index (χ3v) is 2.70. The zero-order valence-electron chi connectivity index (χ0n) is 7.14. The molecule has 0 bridgehead atoms. The van der Waals surface area contributed by atoms with Crippen molar-refractivity contribution in [2.45, 2.75) is 6.92 Å². The van der Waals surface area contributed by atoms with Gasteiger partial charge in [0.25, 0.3) is 0 Å². The zero-order chi connectivity index (χ0) is 9.14. The average Bonchev–Trinajstić information content (AvgIpc) is 2.08. The van der Waals surface area contributed by atoms with Crippen LogP contribution in [0.25, 0.3) is 0 Å². The second kappa shape index (κ2) is 4.15. The molecule has 12 heavy (non-hydrogen) atoms. The Morgan fingerprint density at radius 3 is 2.75 bits per heavy atom. The van der Waals surface area contributed by atoms with Gasteiger partial charge in [-0.3, -0.25) is 0 Å². The molecule has 0 aliphatic carbocycles. The fraction of sp³-hybridized carbons (Fsp3) is 0.333. The fourth-order valence-electron chi connectivity index (χ4n) is 0.949. The van der Waals surface area contributed by atoms with Crippen molar-refractivity contribution in [3.63, 3.8) is 0 Å². The molecule has 1 aromatic rings. The highest BCUT2D eigenvalue weighted by molar-refractivity contribution is 9.10. The zero-order valence-corrected chi connectivity index (χ0v) is 9.48. The smallest absolute Gasteiger partial charge is 0.0522 e. The Kier molecular flexibility index (Phi) is 3.41. The van der Waals surface area contributed by atoms with Gasteiger partial charge in [-0.05, 0) is 41.1 Å². The van der Waals surface area contributed by atoms with Gasteiger partial charge >= 0.3 is 0 Å². The quantitative estimate of drug-likeness (QED) is 0.773. The molecule has 1 aromatic carbocycles. The number of anilines is 1. The van der Waals surface area contributed by atoms with Gasteiger partial charge in [-0.15, -0.1) is 0 Å². The van der Waals surface area contributed by atoms with Crippen molar-refractivity contribution in [3.8, 4) is 0 Å². The number of nitrogens with zero attached hydrogens (tertiary/aromatic N) is 1. The Morgan fingerprint density at radius 1 is 1.50 bits per heavy atom. The van der Waals surface area contributed by atoms with Crippen LogP contribution in [0.3, 0.4) is 0 Å². The standard InChI is InChI=1S/C9H11BrClN/c1-3-12(2)9-6-7(11)4-5-8(9)10/h4-6H,3H2,1-2H3. The van der Waals surface area contributed by atoms with Gasteiger partial charge in [0.2, 0.25) is 0 Å². The molecule has 0 atom stereocenters.